The SMILES string of the molecule is CC(CC(=O)O)CC(=O)Nc1ccc(CO)cc1. The number of anilines is 1. The number of carboxylic acids is 1. The molecule has 1 atom stereocenters. The highest BCUT2D eigenvalue weighted by molar-refractivity contribution is 5.91. The van der Waals surface area contributed by atoms with Crippen LogP contribution in [0.3, 0.4) is 0 Å². The van der Waals surface area contributed by atoms with E-state index in [0.717, 1.165) is 5.56 Å². The molecule has 5 nitrogen and oxygen atoms in total. The van der Waals surface area contributed by atoms with E-state index >= 15 is 0 Å². The van der Waals surface area contributed by atoms with E-state index in [9.17, 15) is 9.59 Å². The van der Waals surface area contributed by atoms with Crippen molar-refractivity contribution < 1.29 is 19.8 Å². The molecule has 0 radical (unpaired) electrons. The van der Waals surface area contributed by atoms with Gasteiger partial charge in [0.05, 0.1) is 6.61 Å². The van der Waals surface area contributed by atoms with Crippen LogP contribution in [0.1, 0.15) is 25.3 Å². The second-order valence-electron chi connectivity index (χ2n) is 4.31. The number of aliphatic carboxylic acids is 1. The molecule has 18 heavy (non-hydrogen) atoms. The van der Waals surface area contributed by atoms with Crippen molar-refractivity contribution in [3.05, 3.63) is 29.8 Å². The molecule has 1 unspecified atom stereocenters. The highest BCUT2D eigenvalue weighted by Crippen LogP contribution is 2.12. The Labute approximate surface area is 105 Å². The highest BCUT2D eigenvalue weighted by atomic mass is 16.4. The molecule has 0 aliphatic rings. The van der Waals surface area contributed by atoms with Crippen LogP contribution in [0.2, 0.25) is 0 Å². The number of aliphatic hydroxyl groups excluding tert-OH is 1. The number of hydrogen-bond donors (Lipinski definition) is 3. The largest absolute Gasteiger partial charge is 0.481 e. The summed E-state index contributed by atoms with van der Waals surface area (Å²) in [6.45, 7) is 1.69. The van der Waals surface area contributed by atoms with Crippen molar-refractivity contribution in [1.29, 1.82) is 0 Å². The second kappa shape index (κ2) is 6.76. The molecule has 0 aliphatic carbocycles. The van der Waals surface area contributed by atoms with Crippen molar-refractivity contribution in [2.75, 3.05) is 5.32 Å². The van der Waals surface area contributed by atoms with Crippen LogP contribution in [-0.4, -0.2) is 22.1 Å². The van der Waals surface area contributed by atoms with Gasteiger partial charge in [-0.05, 0) is 23.6 Å². The first kappa shape index (κ1) is 14.2. The van der Waals surface area contributed by atoms with E-state index in [1.807, 2.05) is 0 Å². The standard InChI is InChI=1S/C13H17NO4/c1-9(7-13(17)18)6-12(16)14-11-4-2-10(8-15)3-5-11/h2-5,9,15H,6-8H2,1H3,(H,14,16)(H,17,18). The first-order valence-electron chi connectivity index (χ1n) is 5.72. The third kappa shape index (κ3) is 4.97. The monoisotopic (exact) mass is 251 g/mol. The number of carboxylic acid groups (broad SMARTS) is 1. The number of benzene rings is 1. The van der Waals surface area contributed by atoms with Crippen LogP contribution in [0.15, 0.2) is 24.3 Å². The van der Waals surface area contributed by atoms with Crippen LogP contribution in [-0.2, 0) is 16.2 Å². The van der Waals surface area contributed by atoms with Gasteiger partial charge in [0, 0.05) is 18.5 Å². The second-order valence-corrected chi connectivity index (χ2v) is 4.31. The molecule has 3 N–H and O–H groups in total. The summed E-state index contributed by atoms with van der Waals surface area (Å²) >= 11 is 0. The fraction of sp³-hybridized carbons (Fsp3) is 0.385. The summed E-state index contributed by atoms with van der Waals surface area (Å²) in [5.74, 6) is -1.30. The van der Waals surface area contributed by atoms with Gasteiger partial charge in [0.2, 0.25) is 5.91 Å². The molecule has 1 aromatic carbocycles. The van der Waals surface area contributed by atoms with E-state index in [1.165, 1.54) is 0 Å². The van der Waals surface area contributed by atoms with Crippen LogP contribution < -0.4 is 5.32 Å². The third-order valence-corrected chi connectivity index (χ3v) is 2.48. The minimum atomic E-state index is -0.900. The normalized spacial score (nSPS) is 11.9. The molecule has 0 heterocycles. The number of aliphatic hydroxyl groups is 1. The molecular weight excluding hydrogens is 234 g/mol. The quantitative estimate of drug-likeness (QED) is 0.717. The van der Waals surface area contributed by atoms with Crippen molar-refractivity contribution in [1.82, 2.24) is 0 Å². The number of carbonyl (C=O) groups excluding carboxylic acids is 1. The molecule has 0 aromatic heterocycles. The molecule has 0 bridgehead atoms. The van der Waals surface area contributed by atoms with Crippen molar-refractivity contribution in [2.45, 2.75) is 26.4 Å². The zero-order chi connectivity index (χ0) is 13.5. The molecule has 1 rings (SSSR count). The van der Waals surface area contributed by atoms with E-state index < -0.39 is 5.97 Å². The predicted octanol–water partition coefficient (Wildman–Crippen LogP) is 1.62. The summed E-state index contributed by atoms with van der Waals surface area (Å²) in [6.07, 6.45) is 0.158. The number of nitrogens with one attached hydrogen (secondary N) is 1. The van der Waals surface area contributed by atoms with Gasteiger partial charge in [-0.15, -0.1) is 0 Å². The van der Waals surface area contributed by atoms with E-state index in [4.69, 9.17) is 10.2 Å². The minimum Gasteiger partial charge on any atom is -0.481 e. The van der Waals surface area contributed by atoms with Crippen molar-refractivity contribution >= 4 is 17.6 Å². The Morgan fingerprint density at radius 2 is 1.83 bits per heavy atom. The Kier molecular flexibility index (Phi) is 5.32. The number of amides is 1. The maximum absolute atomic E-state index is 11.6. The minimum absolute atomic E-state index is 0.0170. The Hall–Kier alpha value is -1.88. The van der Waals surface area contributed by atoms with Crippen molar-refractivity contribution in [3.8, 4) is 0 Å². The van der Waals surface area contributed by atoms with E-state index in [2.05, 4.69) is 5.32 Å². The number of rotatable bonds is 6. The van der Waals surface area contributed by atoms with Gasteiger partial charge in [0.25, 0.3) is 0 Å². The first-order chi connectivity index (χ1) is 8.51. The topological polar surface area (TPSA) is 86.6 Å². The Morgan fingerprint density at radius 1 is 1.22 bits per heavy atom. The number of carbonyl (C=O) groups is 2. The zero-order valence-corrected chi connectivity index (χ0v) is 10.2. The van der Waals surface area contributed by atoms with Crippen LogP contribution in [0, 0.1) is 5.92 Å². The van der Waals surface area contributed by atoms with Gasteiger partial charge in [0.15, 0.2) is 0 Å². The van der Waals surface area contributed by atoms with Crippen molar-refractivity contribution in [3.63, 3.8) is 0 Å². The Bertz CT molecular complexity index is 414. The summed E-state index contributed by atoms with van der Waals surface area (Å²) < 4.78 is 0. The summed E-state index contributed by atoms with van der Waals surface area (Å²) in [5, 5.41) is 20.1. The molecule has 5 heteroatoms. The Balaban J connectivity index is 2.46. The van der Waals surface area contributed by atoms with E-state index in [0.29, 0.717) is 5.69 Å². The molecular formula is C13H17NO4. The smallest absolute Gasteiger partial charge is 0.303 e. The number of hydrogen-bond acceptors (Lipinski definition) is 3. The molecule has 1 aromatic rings. The average Bonchev–Trinajstić information content (AvgIpc) is 2.28. The van der Waals surface area contributed by atoms with Gasteiger partial charge in [-0.2, -0.15) is 0 Å². The lowest BCUT2D eigenvalue weighted by Gasteiger charge is -2.09. The first-order valence-corrected chi connectivity index (χ1v) is 5.72. The lowest BCUT2D eigenvalue weighted by atomic mass is 10.0. The third-order valence-electron chi connectivity index (χ3n) is 2.48. The van der Waals surface area contributed by atoms with Gasteiger partial charge in [-0.25, -0.2) is 0 Å². The lowest BCUT2D eigenvalue weighted by Crippen LogP contribution is -2.16. The summed E-state index contributed by atoms with van der Waals surface area (Å²) in [6, 6.07) is 6.84. The molecule has 0 saturated carbocycles. The molecule has 0 spiro atoms. The van der Waals surface area contributed by atoms with Gasteiger partial charge >= 0.3 is 5.97 Å². The van der Waals surface area contributed by atoms with E-state index in [-0.39, 0.29) is 31.3 Å². The zero-order valence-electron chi connectivity index (χ0n) is 10.2. The molecule has 0 aliphatic heterocycles. The van der Waals surface area contributed by atoms with Gasteiger partial charge in [0.1, 0.15) is 0 Å². The molecule has 1 amide bonds. The predicted molar refractivity (Wildman–Crippen MR) is 67.0 cm³/mol. The maximum atomic E-state index is 11.6. The average molecular weight is 251 g/mol. The van der Waals surface area contributed by atoms with Gasteiger partial charge < -0.3 is 15.5 Å². The maximum Gasteiger partial charge on any atom is 0.303 e. The lowest BCUT2D eigenvalue weighted by molar-refractivity contribution is -0.138. The summed E-state index contributed by atoms with van der Waals surface area (Å²) in [7, 11) is 0. The summed E-state index contributed by atoms with van der Waals surface area (Å²) in [4.78, 5) is 22.1. The van der Waals surface area contributed by atoms with Crippen LogP contribution in [0.5, 0.6) is 0 Å². The van der Waals surface area contributed by atoms with Gasteiger partial charge in [-0.1, -0.05) is 19.1 Å². The highest BCUT2D eigenvalue weighted by Gasteiger charge is 2.12. The molecule has 98 valence electrons. The van der Waals surface area contributed by atoms with Crippen LogP contribution in [0.4, 0.5) is 5.69 Å². The van der Waals surface area contributed by atoms with Crippen LogP contribution >= 0.6 is 0 Å². The van der Waals surface area contributed by atoms with Crippen molar-refractivity contribution in [2.24, 2.45) is 5.92 Å². The fourth-order valence-corrected chi connectivity index (χ4v) is 1.59. The Morgan fingerprint density at radius 3 is 2.33 bits per heavy atom. The molecule has 0 fully saturated rings. The van der Waals surface area contributed by atoms with E-state index in [1.54, 1.807) is 31.2 Å². The van der Waals surface area contributed by atoms with Crippen LogP contribution in [0.25, 0.3) is 0 Å². The molecule has 0 saturated heterocycles. The van der Waals surface area contributed by atoms with Gasteiger partial charge in [-0.3, -0.25) is 9.59 Å². The fourth-order valence-electron chi connectivity index (χ4n) is 1.59. The summed E-state index contributed by atoms with van der Waals surface area (Å²) in [5.41, 5.74) is 1.41.